The number of carbonyl (C=O) groups excluding carboxylic acids is 1. The molecule has 1 amide bonds. The van der Waals surface area contributed by atoms with E-state index in [-0.39, 0.29) is 11.9 Å². The molecule has 1 aromatic heterocycles. The van der Waals surface area contributed by atoms with Gasteiger partial charge in [0.15, 0.2) is 0 Å². The molecular weight excluding hydrogens is 376 g/mol. The molecule has 0 saturated carbocycles. The highest BCUT2D eigenvalue weighted by Gasteiger charge is 2.31. The van der Waals surface area contributed by atoms with Crippen molar-refractivity contribution in [2.24, 2.45) is 0 Å². The van der Waals surface area contributed by atoms with Gasteiger partial charge in [-0.3, -0.25) is 4.79 Å². The van der Waals surface area contributed by atoms with E-state index in [9.17, 15) is 4.79 Å². The summed E-state index contributed by atoms with van der Waals surface area (Å²) < 4.78 is 5.11. The minimum Gasteiger partial charge on any atom is -0.384 e. The van der Waals surface area contributed by atoms with E-state index < -0.39 is 0 Å². The number of piperidine rings is 1. The normalized spacial score (nSPS) is 16.9. The third-order valence-corrected chi connectivity index (χ3v) is 5.24. The number of anilines is 1. The molecule has 1 aliphatic heterocycles. The highest BCUT2D eigenvalue weighted by Crippen LogP contribution is 2.37. The van der Waals surface area contributed by atoms with Gasteiger partial charge in [-0.15, -0.1) is 0 Å². The fraction of sp³-hybridized carbons (Fsp3) is 0.476. The van der Waals surface area contributed by atoms with Crippen LogP contribution in [0.4, 0.5) is 5.95 Å². The summed E-state index contributed by atoms with van der Waals surface area (Å²) in [5, 5.41) is 0.664. The molecule has 0 spiro atoms. The maximum Gasteiger partial charge on any atom is 0.225 e. The van der Waals surface area contributed by atoms with E-state index in [0.29, 0.717) is 24.0 Å². The molecule has 0 radical (unpaired) electrons. The van der Waals surface area contributed by atoms with Crippen LogP contribution in [-0.2, 0) is 9.53 Å². The number of methoxy groups -OCH3 is 1. The predicted molar refractivity (Wildman–Crippen MR) is 112 cm³/mol. The number of carbonyl (C=O) groups is 1. The largest absolute Gasteiger partial charge is 0.384 e. The van der Waals surface area contributed by atoms with Crippen LogP contribution in [-0.4, -0.2) is 55.1 Å². The lowest BCUT2D eigenvalue weighted by Gasteiger charge is -2.36. The highest BCUT2D eigenvalue weighted by molar-refractivity contribution is 6.30. The molecule has 1 fully saturated rings. The molecule has 0 bridgehead atoms. The molecule has 7 heteroatoms. The van der Waals surface area contributed by atoms with Crippen molar-refractivity contribution in [3.05, 3.63) is 41.2 Å². The molecule has 150 valence electrons. The van der Waals surface area contributed by atoms with Crippen LogP contribution < -0.4 is 4.90 Å². The van der Waals surface area contributed by atoms with Gasteiger partial charge in [-0.25, -0.2) is 9.97 Å². The van der Waals surface area contributed by atoms with Crippen LogP contribution >= 0.6 is 11.6 Å². The fourth-order valence-corrected chi connectivity index (χ4v) is 3.77. The maximum atomic E-state index is 12.8. The van der Waals surface area contributed by atoms with E-state index in [1.165, 1.54) is 0 Å². The van der Waals surface area contributed by atoms with Crippen LogP contribution in [0, 0.1) is 0 Å². The molecule has 1 aromatic carbocycles. The summed E-state index contributed by atoms with van der Waals surface area (Å²) in [6, 6.07) is 7.61. The van der Waals surface area contributed by atoms with Crippen LogP contribution in [0.15, 0.2) is 30.5 Å². The molecule has 1 unspecified atom stereocenters. The van der Waals surface area contributed by atoms with Gasteiger partial charge in [0, 0.05) is 44.5 Å². The first-order chi connectivity index (χ1) is 13.5. The summed E-state index contributed by atoms with van der Waals surface area (Å²) in [5.74, 6) is 0.740. The minimum atomic E-state index is -0.0752. The number of halogens is 1. The molecule has 0 aliphatic carbocycles. The topological polar surface area (TPSA) is 58.6 Å². The maximum absolute atomic E-state index is 12.8. The van der Waals surface area contributed by atoms with Gasteiger partial charge in [-0.05, 0) is 37.0 Å². The number of nitrogens with zero attached hydrogens (tertiary/aromatic N) is 4. The number of hydrogen-bond acceptors (Lipinski definition) is 5. The van der Waals surface area contributed by atoms with Crippen molar-refractivity contribution in [2.45, 2.75) is 31.7 Å². The quantitative estimate of drug-likeness (QED) is 0.732. The lowest BCUT2D eigenvalue weighted by atomic mass is 9.93. The first-order valence-electron chi connectivity index (χ1n) is 9.60. The monoisotopic (exact) mass is 402 g/mol. The zero-order chi connectivity index (χ0) is 20.1. The van der Waals surface area contributed by atoms with Gasteiger partial charge in [0.1, 0.15) is 0 Å². The van der Waals surface area contributed by atoms with Crippen molar-refractivity contribution in [1.82, 2.24) is 14.9 Å². The number of amides is 1. The lowest BCUT2D eigenvalue weighted by molar-refractivity contribution is -0.136. The minimum absolute atomic E-state index is 0.0752. The Balaban J connectivity index is 2.05. The van der Waals surface area contributed by atoms with Crippen LogP contribution in [0.25, 0.3) is 11.1 Å². The van der Waals surface area contributed by atoms with E-state index in [2.05, 4.69) is 4.98 Å². The van der Waals surface area contributed by atoms with Gasteiger partial charge in [-0.2, -0.15) is 0 Å². The Kier molecular flexibility index (Phi) is 6.86. The number of benzene rings is 1. The summed E-state index contributed by atoms with van der Waals surface area (Å²) in [7, 11) is 5.45. The Labute approximate surface area is 171 Å². The first kappa shape index (κ1) is 20.6. The summed E-state index contributed by atoms with van der Waals surface area (Å²) in [6.07, 6.45) is 5.18. The number of rotatable bonds is 6. The number of ether oxygens (including phenoxy) is 1. The zero-order valence-electron chi connectivity index (χ0n) is 16.7. The van der Waals surface area contributed by atoms with E-state index in [4.69, 9.17) is 21.3 Å². The Bertz CT molecular complexity index is 828. The Hall–Kier alpha value is -2.18. The molecule has 6 nitrogen and oxygen atoms in total. The van der Waals surface area contributed by atoms with Gasteiger partial charge in [-0.1, -0.05) is 23.7 Å². The second kappa shape index (κ2) is 9.34. The van der Waals surface area contributed by atoms with E-state index in [0.717, 1.165) is 42.6 Å². The molecule has 2 aromatic rings. The summed E-state index contributed by atoms with van der Waals surface area (Å²) in [5.41, 5.74) is 2.76. The Morgan fingerprint density at radius 2 is 2.18 bits per heavy atom. The SMILES string of the molecule is COCCC(=O)N1CCCCC1c1nc(N(C)C)ncc1-c1cccc(Cl)c1. The highest BCUT2D eigenvalue weighted by atomic mass is 35.5. The standard InChI is InChI=1S/C21H27ClN4O2/c1-25(2)21-23-14-17(15-7-6-8-16(22)13-15)20(24-21)18-9-4-5-11-26(18)19(27)10-12-28-3/h6-8,13-14,18H,4-5,9-12H2,1-3H3. The lowest BCUT2D eigenvalue weighted by Crippen LogP contribution is -2.39. The van der Waals surface area contributed by atoms with Crippen molar-refractivity contribution in [1.29, 1.82) is 0 Å². The molecule has 2 heterocycles. The molecule has 28 heavy (non-hydrogen) atoms. The van der Waals surface area contributed by atoms with Gasteiger partial charge in [0.05, 0.1) is 24.8 Å². The Morgan fingerprint density at radius 1 is 1.36 bits per heavy atom. The number of hydrogen-bond donors (Lipinski definition) is 0. The van der Waals surface area contributed by atoms with E-state index in [1.54, 1.807) is 7.11 Å². The fourth-order valence-electron chi connectivity index (χ4n) is 3.58. The number of aromatic nitrogens is 2. The molecule has 1 aliphatic rings. The predicted octanol–water partition coefficient (Wildman–Crippen LogP) is 3.95. The molecule has 0 N–H and O–H groups in total. The molecule has 3 rings (SSSR count). The third-order valence-electron chi connectivity index (χ3n) is 5.00. The van der Waals surface area contributed by atoms with Crippen LogP contribution in [0.2, 0.25) is 5.02 Å². The average Bonchev–Trinajstić information content (AvgIpc) is 2.71. The van der Waals surface area contributed by atoms with Crippen molar-refractivity contribution >= 4 is 23.5 Å². The van der Waals surface area contributed by atoms with Gasteiger partial charge in [0.2, 0.25) is 11.9 Å². The third kappa shape index (κ3) is 4.62. The van der Waals surface area contributed by atoms with E-state index >= 15 is 0 Å². The average molecular weight is 403 g/mol. The summed E-state index contributed by atoms with van der Waals surface area (Å²) in [6.45, 7) is 1.17. The van der Waals surface area contributed by atoms with Gasteiger partial charge in [0.25, 0.3) is 0 Å². The smallest absolute Gasteiger partial charge is 0.225 e. The van der Waals surface area contributed by atoms with Crippen LogP contribution in [0.5, 0.6) is 0 Å². The second-order valence-electron chi connectivity index (χ2n) is 7.22. The Morgan fingerprint density at radius 3 is 2.89 bits per heavy atom. The van der Waals surface area contributed by atoms with Crippen molar-refractivity contribution in [3.8, 4) is 11.1 Å². The van der Waals surface area contributed by atoms with Crippen LogP contribution in [0.3, 0.4) is 0 Å². The van der Waals surface area contributed by atoms with Crippen molar-refractivity contribution in [2.75, 3.05) is 39.3 Å². The molecular formula is C21H27ClN4O2. The first-order valence-corrected chi connectivity index (χ1v) is 9.97. The van der Waals surface area contributed by atoms with Crippen molar-refractivity contribution in [3.63, 3.8) is 0 Å². The van der Waals surface area contributed by atoms with Gasteiger partial charge >= 0.3 is 0 Å². The molecule has 1 atom stereocenters. The number of likely N-dealkylation sites (tertiary alicyclic amines) is 1. The summed E-state index contributed by atoms with van der Waals surface area (Å²) >= 11 is 6.22. The zero-order valence-corrected chi connectivity index (χ0v) is 17.4. The van der Waals surface area contributed by atoms with E-state index in [1.807, 2.05) is 54.4 Å². The second-order valence-corrected chi connectivity index (χ2v) is 7.65. The summed E-state index contributed by atoms with van der Waals surface area (Å²) in [4.78, 5) is 26.0. The van der Waals surface area contributed by atoms with Crippen molar-refractivity contribution < 1.29 is 9.53 Å². The molecule has 1 saturated heterocycles. The van der Waals surface area contributed by atoms with Gasteiger partial charge < -0.3 is 14.5 Å². The van der Waals surface area contributed by atoms with Crippen LogP contribution in [0.1, 0.15) is 37.4 Å².